The second kappa shape index (κ2) is 7.58. The molecule has 1 saturated heterocycles. The summed E-state index contributed by atoms with van der Waals surface area (Å²) in [5, 5.41) is 21.4. The minimum absolute atomic E-state index is 0.237. The van der Waals surface area contributed by atoms with Crippen molar-refractivity contribution in [3.63, 3.8) is 0 Å². The van der Waals surface area contributed by atoms with Gasteiger partial charge in [0.05, 0.1) is 25.5 Å². The van der Waals surface area contributed by atoms with Crippen LogP contribution in [0.1, 0.15) is 34.2 Å². The Morgan fingerprint density at radius 3 is 3.15 bits per heavy atom. The summed E-state index contributed by atoms with van der Waals surface area (Å²) in [4.78, 5) is 12.3. The maximum atomic E-state index is 12.3. The van der Waals surface area contributed by atoms with Gasteiger partial charge in [0.1, 0.15) is 17.1 Å². The van der Waals surface area contributed by atoms with E-state index in [0.29, 0.717) is 17.3 Å². The number of carbonyl (C=O) groups excluding carboxylic acids is 1. The van der Waals surface area contributed by atoms with Crippen molar-refractivity contribution in [1.82, 2.24) is 35.8 Å². The number of aromatic amines is 1. The molecule has 1 aromatic carbocycles. The number of rotatable bonds is 6. The Bertz CT molecular complexity index is 927. The topological polar surface area (TPSA) is 110 Å². The number of nitrogens with zero attached hydrogens (tertiary/aromatic N) is 4. The van der Waals surface area contributed by atoms with Crippen LogP contribution in [0.25, 0.3) is 5.69 Å². The molecular formula is C18H21N7O2. The van der Waals surface area contributed by atoms with Crippen molar-refractivity contribution < 1.29 is 9.53 Å². The second-order valence-corrected chi connectivity index (χ2v) is 6.44. The first kappa shape index (κ1) is 17.2. The highest BCUT2D eigenvalue weighted by atomic mass is 16.5. The van der Waals surface area contributed by atoms with Crippen molar-refractivity contribution in [3.8, 4) is 11.4 Å². The second-order valence-electron chi connectivity index (χ2n) is 6.44. The fourth-order valence-corrected chi connectivity index (χ4v) is 3.10. The van der Waals surface area contributed by atoms with Gasteiger partial charge in [0.25, 0.3) is 5.91 Å². The van der Waals surface area contributed by atoms with Gasteiger partial charge in [0, 0.05) is 24.2 Å². The van der Waals surface area contributed by atoms with Gasteiger partial charge in [-0.15, -0.1) is 5.10 Å². The molecule has 0 radical (unpaired) electrons. The van der Waals surface area contributed by atoms with Crippen molar-refractivity contribution in [2.75, 3.05) is 20.2 Å². The molecule has 3 N–H and O–H groups in total. The van der Waals surface area contributed by atoms with Crippen molar-refractivity contribution in [2.45, 2.75) is 18.9 Å². The summed E-state index contributed by atoms with van der Waals surface area (Å²) in [7, 11) is 1.62. The van der Waals surface area contributed by atoms with Gasteiger partial charge in [-0.05, 0) is 31.2 Å². The van der Waals surface area contributed by atoms with Crippen LogP contribution in [0.15, 0.2) is 36.5 Å². The zero-order valence-electron chi connectivity index (χ0n) is 15.0. The number of carbonyl (C=O) groups is 1. The van der Waals surface area contributed by atoms with Gasteiger partial charge in [0.15, 0.2) is 0 Å². The molecule has 1 atom stereocenters. The van der Waals surface area contributed by atoms with Crippen molar-refractivity contribution in [2.24, 2.45) is 0 Å². The molecule has 0 spiro atoms. The lowest BCUT2D eigenvalue weighted by atomic mass is 10.1. The van der Waals surface area contributed by atoms with Crippen molar-refractivity contribution in [3.05, 3.63) is 53.6 Å². The van der Waals surface area contributed by atoms with E-state index >= 15 is 0 Å². The molecule has 1 fully saturated rings. The summed E-state index contributed by atoms with van der Waals surface area (Å²) in [5.41, 5.74) is 2.87. The molecule has 3 aromatic rings. The van der Waals surface area contributed by atoms with Crippen LogP contribution >= 0.6 is 0 Å². The largest absolute Gasteiger partial charge is 0.497 e. The average molecular weight is 367 g/mol. The van der Waals surface area contributed by atoms with Gasteiger partial charge in [-0.1, -0.05) is 11.3 Å². The van der Waals surface area contributed by atoms with Gasteiger partial charge < -0.3 is 15.4 Å². The van der Waals surface area contributed by atoms with Crippen molar-refractivity contribution >= 4 is 5.91 Å². The van der Waals surface area contributed by atoms with Gasteiger partial charge in [-0.25, -0.2) is 4.68 Å². The molecule has 1 amide bonds. The summed E-state index contributed by atoms with van der Waals surface area (Å²) in [6, 6.07) is 9.33. The highest BCUT2D eigenvalue weighted by molar-refractivity contribution is 5.92. The van der Waals surface area contributed by atoms with Crippen LogP contribution in [0.3, 0.4) is 0 Å². The Morgan fingerprint density at radius 2 is 2.33 bits per heavy atom. The lowest BCUT2D eigenvalue weighted by molar-refractivity contribution is 0.0945. The van der Waals surface area contributed by atoms with Crippen LogP contribution < -0.4 is 15.4 Å². The normalized spacial score (nSPS) is 16.4. The molecule has 9 nitrogen and oxygen atoms in total. The Kier molecular flexibility index (Phi) is 4.84. The van der Waals surface area contributed by atoms with Gasteiger partial charge in [0.2, 0.25) is 0 Å². The summed E-state index contributed by atoms with van der Waals surface area (Å²) in [6.45, 7) is 2.18. The summed E-state index contributed by atoms with van der Waals surface area (Å²) < 4.78 is 6.86. The lowest BCUT2D eigenvalue weighted by Gasteiger charge is -2.03. The van der Waals surface area contributed by atoms with E-state index in [1.807, 2.05) is 30.3 Å². The third-order valence-electron chi connectivity index (χ3n) is 4.62. The molecule has 4 rings (SSSR count). The maximum Gasteiger partial charge on any atom is 0.272 e. The van der Waals surface area contributed by atoms with Gasteiger partial charge in [-0.3, -0.25) is 9.89 Å². The zero-order chi connectivity index (χ0) is 18.6. The third kappa shape index (κ3) is 3.82. The number of hydrogen-bond donors (Lipinski definition) is 3. The molecule has 1 unspecified atom stereocenters. The molecular weight excluding hydrogens is 346 g/mol. The van der Waals surface area contributed by atoms with Crippen LogP contribution in [0.4, 0.5) is 0 Å². The molecule has 9 heteroatoms. The van der Waals surface area contributed by atoms with Gasteiger partial charge in [-0.2, -0.15) is 5.10 Å². The fourth-order valence-electron chi connectivity index (χ4n) is 3.10. The third-order valence-corrected chi connectivity index (χ3v) is 4.62. The molecule has 27 heavy (non-hydrogen) atoms. The number of ether oxygens (including phenoxy) is 1. The van der Waals surface area contributed by atoms with Crippen LogP contribution in [-0.2, 0) is 6.54 Å². The van der Waals surface area contributed by atoms with E-state index in [1.165, 1.54) is 0 Å². The molecule has 1 aliphatic rings. The zero-order valence-corrected chi connectivity index (χ0v) is 15.0. The Hall–Kier alpha value is -3.20. The SMILES string of the molecule is COc1cccc(-n2cc(CNC(=O)c3cc(C4CCNC4)[nH]n3)nn2)c1. The van der Waals surface area contributed by atoms with Crippen LogP contribution in [0, 0.1) is 0 Å². The number of benzene rings is 1. The first-order valence-electron chi connectivity index (χ1n) is 8.83. The molecule has 0 bridgehead atoms. The Balaban J connectivity index is 1.37. The Labute approximate surface area is 156 Å². The predicted molar refractivity (Wildman–Crippen MR) is 97.9 cm³/mol. The minimum atomic E-state index is -0.237. The predicted octanol–water partition coefficient (Wildman–Crippen LogP) is 1.01. The van der Waals surface area contributed by atoms with E-state index in [1.54, 1.807) is 18.0 Å². The summed E-state index contributed by atoms with van der Waals surface area (Å²) in [5.74, 6) is 0.894. The molecule has 140 valence electrons. The van der Waals surface area contributed by atoms with E-state index < -0.39 is 0 Å². The number of aromatic nitrogens is 5. The minimum Gasteiger partial charge on any atom is -0.497 e. The maximum absolute atomic E-state index is 12.3. The van der Waals surface area contributed by atoms with E-state index in [0.717, 1.165) is 36.6 Å². The number of amides is 1. The quantitative estimate of drug-likeness (QED) is 0.600. The summed E-state index contributed by atoms with van der Waals surface area (Å²) >= 11 is 0. The molecule has 3 heterocycles. The smallest absolute Gasteiger partial charge is 0.272 e. The Morgan fingerprint density at radius 1 is 1.41 bits per heavy atom. The number of hydrogen-bond acceptors (Lipinski definition) is 6. The molecule has 2 aromatic heterocycles. The number of nitrogens with one attached hydrogen (secondary N) is 3. The van der Waals surface area contributed by atoms with Gasteiger partial charge >= 0.3 is 0 Å². The van der Waals surface area contributed by atoms with E-state index in [2.05, 4.69) is 31.1 Å². The number of methoxy groups -OCH3 is 1. The lowest BCUT2D eigenvalue weighted by Crippen LogP contribution is -2.23. The van der Waals surface area contributed by atoms with Crippen LogP contribution in [0.5, 0.6) is 5.75 Å². The van der Waals surface area contributed by atoms with Crippen molar-refractivity contribution in [1.29, 1.82) is 0 Å². The van der Waals surface area contributed by atoms with E-state index in [9.17, 15) is 4.79 Å². The highest BCUT2D eigenvalue weighted by Crippen LogP contribution is 2.20. The van der Waals surface area contributed by atoms with E-state index in [-0.39, 0.29) is 12.5 Å². The molecule has 1 aliphatic heterocycles. The standard InChI is InChI=1S/C18H21N7O2/c1-27-15-4-2-3-14(7-15)25-11-13(21-24-25)10-20-18(26)17-8-16(22-23-17)12-5-6-19-9-12/h2-4,7-8,11-12,19H,5-6,9-10H2,1H3,(H,20,26)(H,22,23). The van der Waals surface area contributed by atoms with E-state index in [4.69, 9.17) is 4.74 Å². The summed E-state index contributed by atoms with van der Waals surface area (Å²) in [6.07, 6.45) is 2.83. The molecule has 0 aliphatic carbocycles. The average Bonchev–Trinajstić information content (AvgIpc) is 3.47. The highest BCUT2D eigenvalue weighted by Gasteiger charge is 2.20. The van der Waals surface area contributed by atoms with Crippen LogP contribution in [-0.4, -0.2) is 51.3 Å². The monoisotopic (exact) mass is 367 g/mol. The number of H-pyrrole nitrogens is 1. The first-order valence-corrected chi connectivity index (χ1v) is 8.83. The van der Waals surface area contributed by atoms with Crippen LogP contribution in [0.2, 0.25) is 0 Å². The molecule has 0 saturated carbocycles. The first-order chi connectivity index (χ1) is 13.2. The fraction of sp³-hybridized carbons (Fsp3) is 0.333.